The van der Waals surface area contributed by atoms with Gasteiger partial charge >= 0.3 is 0 Å². The number of nitrogens with one attached hydrogen (secondary N) is 1. The van der Waals surface area contributed by atoms with E-state index in [0.717, 1.165) is 25.7 Å². The highest BCUT2D eigenvalue weighted by atomic mass is 35.5. The summed E-state index contributed by atoms with van der Waals surface area (Å²) in [4.78, 5) is 11.9. The Morgan fingerprint density at radius 3 is 2.52 bits per heavy atom. The molecule has 1 amide bonds. The lowest BCUT2D eigenvalue weighted by atomic mass is 9.95. The van der Waals surface area contributed by atoms with E-state index in [-0.39, 0.29) is 11.8 Å². The van der Waals surface area contributed by atoms with E-state index in [1.807, 2.05) is 0 Å². The zero-order valence-electron chi connectivity index (χ0n) is 11.8. The highest BCUT2D eigenvalue weighted by Crippen LogP contribution is 2.19. The molecule has 1 saturated carbocycles. The van der Waals surface area contributed by atoms with Crippen molar-refractivity contribution in [3.8, 4) is 0 Å². The lowest BCUT2D eigenvalue weighted by Crippen LogP contribution is -2.39. The maximum atomic E-state index is 12.1. The molecule has 1 aromatic carbocycles. The fourth-order valence-corrected chi connectivity index (χ4v) is 4.21. The third kappa shape index (κ3) is 5.32. The molecular formula is C15H20ClNO3S. The molecule has 0 radical (unpaired) electrons. The first-order valence-electron chi connectivity index (χ1n) is 7.19. The summed E-state index contributed by atoms with van der Waals surface area (Å²) < 4.78 is 24.2. The summed E-state index contributed by atoms with van der Waals surface area (Å²) in [6, 6.07) is 6.92. The van der Waals surface area contributed by atoms with Gasteiger partial charge in [0.25, 0.3) is 0 Å². The molecule has 1 N–H and O–H groups in total. The highest BCUT2D eigenvalue weighted by Gasteiger charge is 2.21. The quantitative estimate of drug-likeness (QED) is 0.903. The molecule has 0 aliphatic heterocycles. The third-order valence-corrected chi connectivity index (χ3v) is 5.48. The molecular weight excluding hydrogens is 310 g/mol. The van der Waals surface area contributed by atoms with Crippen LogP contribution in [0.25, 0.3) is 0 Å². The van der Waals surface area contributed by atoms with E-state index in [9.17, 15) is 13.2 Å². The van der Waals surface area contributed by atoms with Gasteiger partial charge in [-0.25, -0.2) is 8.42 Å². The Morgan fingerprint density at radius 2 is 1.86 bits per heavy atom. The Balaban J connectivity index is 1.91. The second-order valence-electron chi connectivity index (χ2n) is 5.53. The second kappa shape index (κ2) is 7.27. The number of halogens is 1. The molecule has 0 spiro atoms. The van der Waals surface area contributed by atoms with E-state index in [0.29, 0.717) is 10.6 Å². The standard InChI is InChI=1S/C15H20ClNO3S/c16-14-9-5-4-6-12(14)10-21(19,20)11-15(18)17-13-7-2-1-3-8-13/h4-6,9,13H,1-3,7-8,10-11H2,(H,17,18). The van der Waals surface area contributed by atoms with Crippen LogP contribution in [0.3, 0.4) is 0 Å². The second-order valence-corrected chi connectivity index (χ2v) is 8.00. The van der Waals surface area contributed by atoms with Gasteiger partial charge in [0.1, 0.15) is 5.75 Å². The van der Waals surface area contributed by atoms with Crippen LogP contribution in [0.2, 0.25) is 5.02 Å². The van der Waals surface area contributed by atoms with Crippen LogP contribution in [0.4, 0.5) is 0 Å². The van der Waals surface area contributed by atoms with Crippen molar-refractivity contribution in [3.05, 3.63) is 34.9 Å². The molecule has 1 aromatic rings. The highest BCUT2D eigenvalue weighted by molar-refractivity contribution is 7.91. The predicted molar refractivity (Wildman–Crippen MR) is 84.0 cm³/mol. The molecule has 21 heavy (non-hydrogen) atoms. The predicted octanol–water partition coefficient (Wildman–Crippen LogP) is 2.70. The van der Waals surface area contributed by atoms with E-state index in [4.69, 9.17) is 11.6 Å². The molecule has 4 nitrogen and oxygen atoms in total. The van der Waals surface area contributed by atoms with E-state index in [1.165, 1.54) is 6.42 Å². The lowest BCUT2D eigenvalue weighted by Gasteiger charge is -2.22. The van der Waals surface area contributed by atoms with Crippen LogP contribution >= 0.6 is 11.6 Å². The third-order valence-electron chi connectivity index (χ3n) is 3.65. The van der Waals surface area contributed by atoms with Gasteiger partial charge in [-0.3, -0.25) is 4.79 Å². The lowest BCUT2D eigenvalue weighted by molar-refractivity contribution is -0.119. The number of amides is 1. The molecule has 1 fully saturated rings. The minimum Gasteiger partial charge on any atom is -0.352 e. The van der Waals surface area contributed by atoms with E-state index >= 15 is 0 Å². The first kappa shape index (κ1) is 16.3. The number of carbonyl (C=O) groups is 1. The van der Waals surface area contributed by atoms with Crippen LogP contribution in [0.15, 0.2) is 24.3 Å². The monoisotopic (exact) mass is 329 g/mol. The molecule has 0 unspecified atom stereocenters. The molecule has 2 rings (SSSR count). The van der Waals surface area contributed by atoms with Crippen molar-refractivity contribution in [2.75, 3.05) is 5.75 Å². The van der Waals surface area contributed by atoms with Crippen molar-refractivity contribution >= 4 is 27.3 Å². The number of hydrogen-bond acceptors (Lipinski definition) is 3. The number of hydrogen-bond donors (Lipinski definition) is 1. The number of sulfone groups is 1. The van der Waals surface area contributed by atoms with Crippen LogP contribution in [0, 0.1) is 0 Å². The van der Waals surface area contributed by atoms with Gasteiger partial charge in [-0.15, -0.1) is 0 Å². The SMILES string of the molecule is O=C(CS(=O)(=O)Cc1ccccc1Cl)NC1CCCCC1. The van der Waals surface area contributed by atoms with Gasteiger partial charge in [0, 0.05) is 11.1 Å². The van der Waals surface area contributed by atoms with Gasteiger partial charge < -0.3 is 5.32 Å². The Labute approximate surface area is 130 Å². The van der Waals surface area contributed by atoms with Crippen LogP contribution < -0.4 is 5.32 Å². The molecule has 1 aliphatic rings. The van der Waals surface area contributed by atoms with Gasteiger partial charge in [-0.1, -0.05) is 49.1 Å². The van der Waals surface area contributed by atoms with Gasteiger partial charge in [0.2, 0.25) is 5.91 Å². The average Bonchev–Trinajstić information content (AvgIpc) is 2.41. The summed E-state index contributed by atoms with van der Waals surface area (Å²) in [6.45, 7) is 0. The Morgan fingerprint density at radius 1 is 1.19 bits per heavy atom. The van der Waals surface area contributed by atoms with Gasteiger partial charge in [0.15, 0.2) is 9.84 Å². The van der Waals surface area contributed by atoms with Crippen molar-refractivity contribution in [1.29, 1.82) is 0 Å². The number of benzene rings is 1. The Hall–Kier alpha value is -1.07. The van der Waals surface area contributed by atoms with Crippen molar-refractivity contribution in [2.24, 2.45) is 0 Å². The Bertz CT molecular complexity index is 595. The van der Waals surface area contributed by atoms with Crippen molar-refractivity contribution in [3.63, 3.8) is 0 Å². The average molecular weight is 330 g/mol. The fourth-order valence-electron chi connectivity index (χ4n) is 2.62. The molecule has 0 saturated heterocycles. The van der Waals surface area contributed by atoms with Crippen LogP contribution in [0.5, 0.6) is 0 Å². The molecule has 6 heteroatoms. The summed E-state index contributed by atoms with van der Waals surface area (Å²) in [5.41, 5.74) is 0.532. The van der Waals surface area contributed by atoms with Crippen molar-refractivity contribution in [2.45, 2.75) is 43.9 Å². The zero-order valence-corrected chi connectivity index (χ0v) is 13.4. The summed E-state index contributed by atoms with van der Waals surface area (Å²) >= 11 is 5.96. The minimum atomic E-state index is -3.50. The van der Waals surface area contributed by atoms with Crippen LogP contribution in [-0.4, -0.2) is 26.1 Å². The fraction of sp³-hybridized carbons (Fsp3) is 0.533. The molecule has 0 bridgehead atoms. The first-order chi connectivity index (χ1) is 9.96. The minimum absolute atomic E-state index is 0.127. The van der Waals surface area contributed by atoms with E-state index in [1.54, 1.807) is 24.3 Å². The van der Waals surface area contributed by atoms with E-state index in [2.05, 4.69) is 5.32 Å². The number of carbonyl (C=O) groups excluding carboxylic acids is 1. The van der Waals surface area contributed by atoms with Gasteiger partial charge in [0.05, 0.1) is 5.75 Å². The zero-order chi connectivity index (χ0) is 15.3. The largest absolute Gasteiger partial charge is 0.352 e. The summed E-state index contributed by atoms with van der Waals surface area (Å²) in [7, 11) is -3.50. The summed E-state index contributed by atoms with van der Waals surface area (Å²) in [6.07, 6.45) is 5.26. The molecule has 0 heterocycles. The molecule has 1 aliphatic carbocycles. The smallest absolute Gasteiger partial charge is 0.235 e. The topological polar surface area (TPSA) is 63.2 Å². The summed E-state index contributed by atoms with van der Waals surface area (Å²) in [5.74, 6) is -1.09. The van der Waals surface area contributed by atoms with Crippen molar-refractivity contribution in [1.82, 2.24) is 5.32 Å². The van der Waals surface area contributed by atoms with Crippen LogP contribution in [-0.2, 0) is 20.4 Å². The normalized spacial score (nSPS) is 16.6. The van der Waals surface area contributed by atoms with Crippen LogP contribution in [0.1, 0.15) is 37.7 Å². The van der Waals surface area contributed by atoms with Crippen molar-refractivity contribution < 1.29 is 13.2 Å². The van der Waals surface area contributed by atoms with E-state index < -0.39 is 21.5 Å². The van der Waals surface area contributed by atoms with Gasteiger partial charge in [-0.2, -0.15) is 0 Å². The summed E-state index contributed by atoms with van der Waals surface area (Å²) in [5, 5.41) is 3.24. The number of rotatable bonds is 5. The molecule has 0 atom stereocenters. The molecule has 116 valence electrons. The maximum absolute atomic E-state index is 12.1. The Kier molecular flexibility index (Phi) is 5.65. The van der Waals surface area contributed by atoms with Gasteiger partial charge in [-0.05, 0) is 24.5 Å². The molecule has 0 aromatic heterocycles. The maximum Gasteiger partial charge on any atom is 0.235 e. The first-order valence-corrected chi connectivity index (χ1v) is 9.39.